The maximum Gasteiger partial charge on any atom is 0.317 e. The van der Waals surface area contributed by atoms with Crippen LogP contribution in [0.1, 0.15) is 22.6 Å². The van der Waals surface area contributed by atoms with Gasteiger partial charge in [0, 0.05) is 31.4 Å². The number of hydrogen-bond acceptors (Lipinski definition) is 3. The van der Waals surface area contributed by atoms with Gasteiger partial charge >= 0.3 is 6.03 Å². The Kier molecular flexibility index (Phi) is 6.45. The number of carbonyl (C=O) groups excluding carboxylic acids is 1. The van der Waals surface area contributed by atoms with E-state index in [0.29, 0.717) is 37.0 Å². The first-order valence-electron chi connectivity index (χ1n) is 9.06. The van der Waals surface area contributed by atoms with Gasteiger partial charge in [0.1, 0.15) is 0 Å². The predicted octanol–water partition coefficient (Wildman–Crippen LogP) is 3.64. The Morgan fingerprint density at radius 3 is 2.56 bits per heavy atom. The topological polar surface area (TPSA) is 50.8 Å². The Labute approximate surface area is 165 Å². The molecule has 1 atom stereocenters. The van der Waals surface area contributed by atoms with Gasteiger partial charge in [-0.1, -0.05) is 30.3 Å². The van der Waals surface area contributed by atoms with Crippen LogP contribution in [0.4, 0.5) is 4.79 Å². The van der Waals surface area contributed by atoms with E-state index in [1.54, 1.807) is 14.2 Å². The van der Waals surface area contributed by atoms with E-state index >= 15 is 0 Å². The summed E-state index contributed by atoms with van der Waals surface area (Å²) >= 11 is 5.72. The van der Waals surface area contributed by atoms with E-state index in [2.05, 4.69) is 17.4 Å². The SMILES string of the molecule is COc1cc2c(cc1OC)C(c1ccccc1)CN(C(=O)NCCCl)CC2. The Morgan fingerprint density at radius 2 is 1.89 bits per heavy atom. The zero-order chi connectivity index (χ0) is 19.2. The lowest BCUT2D eigenvalue weighted by molar-refractivity contribution is 0.199. The van der Waals surface area contributed by atoms with Gasteiger partial charge in [-0.05, 0) is 35.2 Å². The summed E-state index contributed by atoms with van der Waals surface area (Å²) in [6, 6.07) is 14.3. The van der Waals surface area contributed by atoms with Crippen molar-refractivity contribution >= 4 is 17.6 Å². The largest absolute Gasteiger partial charge is 0.493 e. The standard InChI is InChI=1S/C21H25ClN2O3/c1-26-19-12-16-8-11-24(21(25)23-10-9-22)14-18(15-6-4-3-5-7-15)17(16)13-20(19)27-2/h3-7,12-13,18H,8-11,14H2,1-2H3,(H,23,25). The van der Waals surface area contributed by atoms with Crippen LogP contribution in [-0.2, 0) is 6.42 Å². The maximum absolute atomic E-state index is 12.6. The normalized spacial score (nSPS) is 16.3. The lowest BCUT2D eigenvalue weighted by Gasteiger charge is -2.26. The lowest BCUT2D eigenvalue weighted by atomic mass is 9.87. The second kappa shape index (κ2) is 9.00. The minimum Gasteiger partial charge on any atom is -0.493 e. The number of nitrogens with one attached hydrogen (secondary N) is 1. The number of alkyl halides is 1. The molecule has 1 N–H and O–H groups in total. The van der Waals surface area contributed by atoms with Gasteiger partial charge in [0.05, 0.1) is 14.2 Å². The molecular formula is C21H25ClN2O3. The summed E-state index contributed by atoms with van der Waals surface area (Å²) in [4.78, 5) is 14.5. The molecule has 144 valence electrons. The molecule has 27 heavy (non-hydrogen) atoms. The highest BCUT2D eigenvalue weighted by molar-refractivity contribution is 6.18. The van der Waals surface area contributed by atoms with Crippen molar-refractivity contribution in [3.05, 3.63) is 59.2 Å². The van der Waals surface area contributed by atoms with Crippen molar-refractivity contribution in [2.45, 2.75) is 12.3 Å². The summed E-state index contributed by atoms with van der Waals surface area (Å²) in [6.45, 7) is 1.70. The Bertz CT molecular complexity index is 782. The molecule has 0 aliphatic carbocycles. The Balaban J connectivity index is 2.02. The summed E-state index contributed by atoms with van der Waals surface area (Å²) in [5, 5.41) is 2.88. The van der Waals surface area contributed by atoms with E-state index in [9.17, 15) is 4.79 Å². The zero-order valence-corrected chi connectivity index (χ0v) is 16.5. The first-order chi connectivity index (χ1) is 13.2. The molecule has 1 aliphatic heterocycles. The third-order valence-electron chi connectivity index (χ3n) is 4.93. The van der Waals surface area contributed by atoms with Crippen LogP contribution in [-0.4, -0.2) is 50.7 Å². The van der Waals surface area contributed by atoms with Crippen molar-refractivity contribution in [3.8, 4) is 11.5 Å². The molecule has 0 spiro atoms. The molecule has 0 saturated carbocycles. The van der Waals surface area contributed by atoms with Crippen LogP contribution in [0.25, 0.3) is 0 Å². The molecule has 0 bridgehead atoms. The molecule has 1 aliphatic rings. The van der Waals surface area contributed by atoms with Gasteiger partial charge in [-0.15, -0.1) is 11.6 Å². The number of fused-ring (bicyclic) bond motifs is 1. The molecule has 2 aromatic rings. The average Bonchev–Trinajstić information content (AvgIpc) is 2.91. The second-order valence-corrected chi connectivity index (χ2v) is 6.86. The highest BCUT2D eigenvalue weighted by atomic mass is 35.5. The number of carbonyl (C=O) groups is 1. The molecule has 2 amide bonds. The first kappa shape index (κ1) is 19.4. The number of hydrogen-bond donors (Lipinski definition) is 1. The molecule has 0 aromatic heterocycles. The second-order valence-electron chi connectivity index (χ2n) is 6.49. The number of amides is 2. The van der Waals surface area contributed by atoms with Gasteiger partial charge in [-0.2, -0.15) is 0 Å². The van der Waals surface area contributed by atoms with Gasteiger partial charge in [0.2, 0.25) is 0 Å². The van der Waals surface area contributed by atoms with Crippen LogP contribution in [0.3, 0.4) is 0 Å². The van der Waals surface area contributed by atoms with E-state index < -0.39 is 0 Å². The van der Waals surface area contributed by atoms with E-state index in [-0.39, 0.29) is 11.9 Å². The molecule has 0 saturated heterocycles. The number of benzene rings is 2. The maximum atomic E-state index is 12.6. The molecule has 0 fully saturated rings. The molecule has 2 aromatic carbocycles. The molecule has 0 radical (unpaired) electrons. The van der Waals surface area contributed by atoms with Crippen LogP contribution in [0.2, 0.25) is 0 Å². The number of methoxy groups -OCH3 is 2. The van der Waals surface area contributed by atoms with E-state index in [4.69, 9.17) is 21.1 Å². The highest BCUT2D eigenvalue weighted by Gasteiger charge is 2.28. The van der Waals surface area contributed by atoms with E-state index in [0.717, 1.165) is 6.42 Å². The summed E-state index contributed by atoms with van der Waals surface area (Å²) < 4.78 is 11.0. The van der Waals surface area contributed by atoms with Crippen LogP contribution in [0, 0.1) is 0 Å². The molecule has 1 unspecified atom stereocenters. The van der Waals surface area contributed by atoms with Crippen molar-refractivity contribution in [3.63, 3.8) is 0 Å². The fourth-order valence-electron chi connectivity index (χ4n) is 3.56. The summed E-state index contributed by atoms with van der Waals surface area (Å²) in [5.41, 5.74) is 3.52. The average molecular weight is 389 g/mol. The van der Waals surface area contributed by atoms with Gasteiger partial charge in [-0.3, -0.25) is 0 Å². The number of halogens is 1. The smallest absolute Gasteiger partial charge is 0.317 e. The number of rotatable bonds is 5. The van der Waals surface area contributed by atoms with Gasteiger partial charge in [0.25, 0.3) is 0 Å². The minimum absolute atomic E-state index is 0.0604. The quantitative estimate of drug-likeness (QED) is 0.795. The molecular weight excluding hydrogens is 364 g/mol. The minimum atomic E-state index is -0.0803. The van der Waals surface area contributed by atoms with Crippen molar-refractivity contribution < 1.29 is 14.3 Å². The zero-order valence-electron chi connectivity index (χ0n) is 15.7. The molecule has 1 heterocycles. The summed E-state index contributed by atoms with van der Waals surface area (Å²) in [6.07, 6.45) is 0.757. The summed E-state index contributed by atoms with van der Waals surface area (Å²) in [5.74, 6) is 1.88. The highest BCUT2D eigenvalue weighted by Crippen LogP contribution is 2.38. The van der Waals surface area contributed by atoms with Crippen LogP contribution < -0.4 is 14.8 Å². The van der Waals surface area contributed by atoms with E-state index in [1.165, 1.54) is 16.7 Å². The fraction of sp³-hybridized carbons (Fsp3) is 0.381. The van der Waals surface area contributed by atoms with Gasteiger partial charge in [0.15, 0.2) is 11.5 Å². The van der Waals surface area contributed by atoms with Gasteiger partial charge in [-0.25, -0.2) is 4.79 Å². The monoisotopic (exact) mass is 388 g/mol. The van der Waals surface area contributed by atoms with Crippen LogP contribution >= 0.6 is 11.6 Å². The lowest BCUT2D eigenvalue weighted by Crippen LogP contribution is -2.42. The van der Waals surface area contributed by atoms with Crippen molar-refractivity contribution in [1.82, 2.24) is 10.2 Å². The van der Waals surface area contributed by atoms with Gasteiger partial charge < -0.3 is 19.7 Å². The fourth-order valence-corrected chi connectivity index (χ4v) is 3.66. The third-order valence-corrected chi connectivity index (χ3v) is 5.12. The molecule has 6 heteroatoms. The Hall–Kier alpha value is -2.40. The van der Waals surface area contributed by atoms with Crippen LogP contribution in [0.15, 0.2) is 42.5 Å². The molecule has 3 rings (SSSR count). The predicted molar refractivity (Wildman–Crippen MR) is 107 cm³/mol. The van der Waals surface area contributed by atoms with Crippen molar-refractivity contribution in [2.24, 2.45) is 0 Å². The summed E-state index contributed by atoms with van der Waals surface area (Å²) in [7, 11) is 3.28. The van der Waals surface area contributed by atoms with Crippen molar-refractivity contribution in [1.29, 1.82) is 0 Å². The first-order valence-corrected chi connectivity index (χ1v) is 9.59. The number of ether oxygens (including phenoxy) is 2. The van der Waals surface area contributed by atoms with E-state index in [1.807, 2.05) is 35.2 Å². The van der Waals surface area contributed by atoms with Crippen LogP contribution in [0.5, 0.6) is 11.5 Å². The number of nitrogens with zero attached hydrogens (tertiary/aromatic N) is 1. The Morgan fingerprint density at radius 1 is 1.19 bits per heavy atom. The molecule has 5 nitrogen and oxygen atoms in total. The van der Waals surface area contributed by atoms with Crippen molar-refractivity contribution in [2.75, 3.05) is 39.7 Å². The third kappa shape index (κ3) is 4.30. The number of urea groups is 1.